The molecule has 0 saturated carbocycles. The van der Waals surface area contributed by atoms with Crippen LogP contribution in [0.25, 0.3) is 0 Å². The summed E-state index contributed by atoms with van der Waals surface area (Å²) in [5, 5.41) is 0. The van der Waals surface area contributed by atoms with Crippen molar-refractivity contribution in [3.63, 3.8) is 0 Å². The molecule has 0 aliphatic carbocycles. The van der Waals surface area contributed by atoms with Gasteiger partial charge in [0.05, 0.1) is 0 Å². The van der Waals surface area contributed by atoms with Crippen LogP contribution in [0.4, 0.5) is 0 Å². The maximum absolute atomic E-state index is 0. The molecule has 0 heterocycles. The first-order valence-electron chi connectivity index (χ1n) is 0. The first-order valence-corrected chi connectivity index (χ1v) is 0. The minimum atomic E-state index is 0. The van der Waals surface area contributed by atoms with Gasteiger partial charge < -0.3 is 5.48 Å². The van der Waals surface area contributed by atoms with Crippen LogP contribution in [0, 0.1) is 0 Å². The van der Waals surface area contributed by atoms with Crippen molar-refractivity contribution in [1.82, 2.24) is 0 Å². The van der Waals surface area contributed by atoms with E-state index in [0.717, 1.165) is 0 Å². The van der Waals surface area contributed by atoms with E-state index in [2.05, 4.69) is 0 Å². The van der Waals surface area contributed by atoms with Crippen LogP contribution < -0.4 is 0 Å². The summed E-state index contributed by atoms with van der Waals surface area (Å²) in [5.41, 5.74) is 0. The van der Waals surface area contributed by atoms with Gasteiger partial charge in [0.2, 0.25) is 0 Å². The fraction of sp³-hybridized carbons (Fsp3) is 0. The minimum absolute atomic E-state index is 0. The molecule has 27 valence electrons. The molecular weight excluding hydrogens is 218 g/mol. The predicted octanol–water partition coefficient (Wildman–Crippen LogP) is -0.830. The van der Waals surface area contributed by atoms with Crippen LogP contribution in [0.1, 0.15) is 0 Å². The van der Waals surface area contributed by atoms with Crippen LogP contribution >= 0.6 is 0 Å². The molecule has 0 aromatic carbocycles. The van der Waals surface area contributed by atoms with E-state index >= 15 is 0 Å². The fourth-order valence-electron chi connectivity index (χ4n) is 0. The third-order valence-corrected chi connectivity index (χ3v) is 0. The molecule has 1 nitrogen and oxygen atoms in total. The number of rotatable bonds is 0. The second kappa shape index (κ2) is 17.9. The van der Waals surface area contributed by atoms with E-state index in [0.29, 0.717) is 0 Å². The molecule has 4 heavy (non-hydrogen) atoms. The normalized spacial score (nSPS) is 0. The Hall–Kier alpha value is 2.47. The van der Waals surface area contributed by atoms with Crippen molar-refractivity contribution < 1.29 is 39.3 Å². The van der Waals surface area contributed by atoms with Gasteiger partial charge >= 0.3 is 45.5 Å². The molecule has 0 fully saturated rings. The van der Waals surface area contributed by atoms with E-state index < -0.39 is 0 Å². The van der Waals surface area contributed by atoms with Gasteiger partial charge in [-0.15, -0.1) is 0 Å². The molecule has 0 saturated heterocycles. The molecule has 0 aliphatic heterocycles. The molecule has 0 spiro atoms. The van der Waals surface area contributed by atoms with Crippen molar-refractivity contribution in [3.8, 4) is 0 Å². The Kier molecular flexibility index (Phi) is 142. The van der Waals surface area contributed by atoms with Crippen LogP contribution in [-0.2, 0) is 33.8 Å². The first kappa shape index (κ1) is 31.8. The molecule has 0 aromatic heterocycles. The van der Waals surface area contributed by atoms with Crippen LogP contribution in [0.3, 0.4) is 0 Å². The van der Waals surface area contributed by atoms with Gasteiger partial charge in [0.25, 0.3) is 0 Å². The summed E-state index contributed by atoms with van der Waals surface area (Å²) in [6, 6.07) is 0. The topological polar surface area (TPSA) is 30.0 Å². The van der Waals surface area contributed by atoms with Crippen molar-refractivity contribution in [1.29, 1.82) is 0 Å². The summed E-state index contributed by atoms with van der Waals surface area (Å²) >= 11 is 0. The van der Waals surface area contributed by atoms with E-state index in [4.69, 9.17) is 0 Å². The summed E-state index contributed by atoms with van der Waals surface area (Å²) in [5.74, 6) is 0. The van der Waals surface area contributed by atoms with Gasteiger partial charge in [-0.1, -0.05) is 0 Å². The van der Waals surface area contributed by atoms with Crippen molar-refractivity contribution in [3.05, 3.63) is 0 Å². The Morgan fingerprint density at radius 1 is 1.00 bits per heavy atom. The summed E-state index contributed by atoms with van der Waals surface area (Å²) < 4.78 is 0. The van der Waals surface area contributed by atoms with Gasteiger partial charge in [0, 0.05) is 33.8 Å². The Labute approximate surface area is 83.2 Å². The van der Waals surface area contributed by atoms with Gasteiger partial charge in [-0.2, -0.15) is 0 Å². The summed E-state index contributed by atoms with van der Waals surface area (Å²) in [4.78, 5) is 0. The molecule has 1 N–H and O–H groups in total. The molecule has 0 rings (SSSR count). The Morgan fingerprint density at radius 2 is 1.00 bits per heavy atom. The summed E-state index contributed by atoms with van der Waals surface area (Å²) in [6.45, 7) is 0. The standard InChI is InChI=1S/Co.Fe.H2O.Sr.H/h;;1H2;;/q;;;+1;/p-1. The molecule has 0 bridgehead atoms. The molecule has 0 amide bonds. The maximum atomic E-state index is 0. The van der Waals surface area contributed by atoms with E-state index in [1.807, 2.05) is 0 Å². The van der Waals surface area contributed by atoms with Gasteiger partial charge in [-0.05, 0) is 0 Å². The molecule has 0 atom stereocenters. The monoisotopic (exact) mass is 221 g/mol. The van der Waals surface area contributed by atoms with Gasteiger partial charge in [-0.3, -0.25) is 0 Å². The summed E-state index contributed by atoms with van der Waals surface area (Å²) in [6.07, 6.45) is 0. The number of hydrogen-bond donors (Lipinski definition) is 0. The van der Waals surface area contributed by atoms with Crippen molar-refractivity contribution >= 4 is 45.5 Å². The summed E-state index contributed by atoms with van der Waals surface area (Å²) in [7, 11) is 0. The van der Waals surface area contributed by atoms with Crippen molar-refractivity contribution in [2.75, 3.05) is 0 Å². The Balaban J connectivity index is 0. The Bertz CT molecular complexity index is 8.00. The van der Waals surface area contributed by atoms with E-state index in [-0.39, 0.29) is 84.8 Å². The van der Waals surface area contributed by atoms with Gasteiger partial charge in [0.15, 0.2) is 0 Å². The van der Waals surface area contributed by atoms with E-state index in [1.165, 1.54) is 0 Å². The van der Waals surface area contributed by atoms with E-state index in [9.17, 15) is 0 Å². The molecule has 0 aliphatic rings. The second-order valence-corrected chi connectivity index (χ2v) is 0. The zero-order valence-corrected chi connectivity index (χ0v) is 9.20. The quantitative estimate of drug-likeness (QED) is 0.490. The van der Waals surface area contributed by atoms with Crippen LogP contribution in [-0.4, -0.2) is 51.0 Å². The second-order valence-electron chi connectivity index (χ2n) is 0. The fourth-order valence-corrected chi connectivity index (χ4v) is 0. The van der Waals surface area contributed by atoms with Crippen LogP contribution in [0.5, 0.6) is 0 Å². The SMILES string of the molecule is [Co].[Fe].[OH-].[SrH+]. The molecular formula is H2CoFeOSr. The molecule has 4 heteroatoms. The predicted molar refractivity (Wildman–Crippen MR) is 9.08 cm³/mol. The molecule has 1 radical (unpaired) electrons. The first-order chi connectivity index (χ1) is 0. The zero-order chi connectivity index (χ0) is 0. The third kappa shape index (κ3) is 8.82. The average molecular weight is 220 g/mol. The molecule has 0 aromatic rings. The van der Waals surface area contributed by atoms with Gasteiger partial charge in [-0.25, -0.2) is 0 Å². The molecule has 0 unspecified atom stereocenters. The van der Waals surface area contributed by atoms with E-state index in [1.54, 1.807) is 0 Å². The average Bonchev–Trinajstić information content (AvgIpc) is 0. The van der Waals surface area contributed by atoms with Gasteiger partial charge in [0.1, 0.15) is 0 Å². The Morgan fingerprint density at radius 3 is 1.00 bits per heavy atom. The van der Waals surface area contributed by atoms with Crippen LogP contribution in [0.2, 0.25) is 0 Å². The third-order valence-electron chi connectivity index (χ3n) is 0. The van der Waals surface area contributed by atoms with Crippen molar-refractivity contribution in [2.24, 2.45) is 0 Å². The van der Waals surface area contributed by atoms with Crippen molar-refractivity contribution in [2.45, 2.75) is 0 Å². The van der Waals surface area contributed by atoms with Crippen LogP contribution in [0.15, 0.2) is 0 Å². The zero-order valence-electron chi connectivity index (χ0n) is 2.13. The number of hydrogen-bond acceptors (Lipinski definition) is 1.